The molecule has 0 bridgehead atoms. The van der Waals surface area contributed by atoms with Crippen molar-refractivity contribution in [3.05, 3.63) is 34.6 Å². The van der Waals surface area contributed by atoms with Gasteiger partial charge in [-0.3, -0.25) is 19.1 Å². The quantitative estimate of drug-likeness (QED) is 0.436. The molecule has 1 amide bonds. The summed E-state index contributed by atoms with van der Waals surface area (Å²) in [7, 11) is 0. The Kier molecular flexibility index (Phi) is 7.63. The first-order valence-electron chi connectivity index (χ1n) is 11.3. The van der Waals surface area contributed by atoms with E-state index in [0.717, 1.165) is 12.8 Å². The third-order valence-corrected chi connectivity index (χ3v) is 7.07. The lowest BCUT2D eigenvalue weighted by Crippen LogP contribution is -2.47. The highest BCUT2D eigenvalue weighted by molar-refractivity contribution is 7.99. The number of carbonyl (C=O) groups is 1. The van der Waals surface area contributed by atoms with E-state index >= 15 is 0 Å². The first-order valence-corrected chi connectivity index (χ1v) is 12.2. The molecule has 8 heteroatoms. The molecule has 1 saturated carbocycles. The highest BCUT2D eigenvalue weighted by Crippen LogP contribution is 2.39. The molecule has 0 spiro atoms. The highest BCUT2D eigenvalue weighted by atomic mass is 32.2. The molecule has 0 saturated heterocycles. The van der Waals surface area contributed by atoms with Crippen molar-refractivity contribution in [3.63, 3.8) is 0 Å². The molecule has 2 aromatic rings. The summed E-state index contributed by atoms with van der Waals surface area (Å²) in [5, 5.41) is 13.5. The van der Waals surface area contributed by atoms with E-state index in [1.165, 1.54) is 11.8 Å². The number of fused-ring (bicyclic) bond motifs is 1. The Morgan fingerprint density at radius 2 is 1.97 bits per heavy atom. The lowest BCUT2D eigenvalue weighted by Gasteiger charge is -2.30. The lowest BCUT2D eigenvalue weighted by molar-refractivity contribution is -0.119. The highest BCUT2D eigenvalue weighted by Gasteiger charge is 2.43. The number of hydrogen-bond acceptors (Lipinski definition) is 6. The molecule has 1 atom stereocenters. The van der Waals surface area contributed by atoms with Gasteiger partial charge in [-0.1, -0.05) is 23.9 Å². The van der Waals surface area contributed by atoms with Crippen LogP contribution in [-0.2, 0) is 11.3 Å². The van der Waals surface area contributed by atoms with Gasteiger partial charge in [0.05, 0.1) is 22.7 Å². The lowest BCUT2D eigenvalue weighted by atomic mass is 9.98. The van der Waals surface area contributed by atoms with Crippen molar-refractivity contribution in [2.75, 3.05) is 12.3 Å². The number of rotatable bonds is 10. The number of carbonyl (C=O) groups excluding carboxylic acids is 1. The number of nitriles is 1. The van der Waals surface area contributed by atoms with Gasteiger partial charge in [-0.25, -0.2) is 4.98 Å². The number of nitrogens with one attached hydrogen (secondary N) is 1. The Morgan fingerprint density at radius 3 is 2.56 bits per heavy atom. The van der Waals surface area contributed by atoms with Crippen LogP contribution in [0, 0.1) is 17.2 Å². The van der Waals surface area contributed by atoms with E-state index in [1.54, 1.807) is 17.6 Å². The number of hydrogen-bond donors (Lipinski definition) is 1. The van der Waals surface area contributed by atoms with E-state index < -0.39 is 5.54 Å². The fourth-order valence-electron chi connectivity index (χ4n) is 4.12. The van der Waals surface area contributed by atoms with E-state index in [-0.39, 0.29) is 23.1 Å². The summed E-state index contributed by atoms with van der Waals surface area (Å²) in [6.07, 6.45) is 1.93. The fraction of sp³-hybridized carbons (Fsp3) is 0.583. The van der Waals surface area contributed by atoms with Crippen LogP contribution in [0.2, 0.25) is 0 Å². The van der Waals surface area contributed by atoms with Gasteiger partial charge < -0.3 is 5.32 Å². The molecule has 3 rings (SSSR count). The number of amides is 1. The second-order valence-corrected chi connectivity index (χ2v) is 10.2. The van der Waals surface area contributed by atoms with Crippen LogP contribution in [0.1, 0.15) is 47.5 Å². The Morgan fingerprint density at radius 1 is 1.31 bits per heavy atom. The average Bonchev–Trinajstić information content (AvgIpc) is 3.59. The third-order valence-electron chi connectivity index (χ3n) is 6.09. The van der Waals surface area contributed by atoms with E-state index in [2.05, 4.69) is 44.0 Å². The van der Waals surface area contributed by atoms with Crippen LogP contribution in [0.3, 0.4) is 0 Å². The smallest absolute Gasteiger partial charge is 0.262 e. The van der Waals surface area contributed by atoms with Crippen LogP contribution < -0.4 is 10.9 Å². The molecule has 0 radical (unpaired) electrons. The van der Waals surface area contributed by atoms with E-state index in [1.807, 2.05) is 18.2 Å². The Balaban J connectivity index is 1.83. The first-order chi connectivity index (χ1) is 15.2. The standard InChI is InChI=1S/C24H33N5O2S/c1-16(2)28(17(3)4)12-13-29-22(31)19-8-6-7-9-20(19)26-23(29)32-14-21(30)27-24(5,15-25)18-10-11-18/h6-9,16-18H,10-14H2,1-5H3,(H,27,30). The van der Waals surface area contributed by atoms with Crippen molar-refractivity contribution < 1.29 is 4.79 Å². The molecule has 1 aromatic carbocycles. The molecular formula is C24H33N5O2S. The van der Waals surface area contributed by atoms with Gasteiger partial charge in [0.1, 0.15) is 5.54 Å². The van der Waals surface area contributed by atoms with Gasteiger partial charge in [-0.05, 0) is 65.5 Å². The first kappa shape index (κ1) is 24.3. The monoisotopic (exact) mass is 455 g/mol. The van der Waals surface area contributed by atoms with Crippen molar-refractivity contribution >= 4 is 28.6 Å². The van der Waals surface area contributed by atoms with Crippen LogP contribution in [0.4, 0.5) is 0 Å². The van der Waals surface area contributed by atoms with Gasteiger partial charge >= 0.3 is 0 Å². The van der Waals surface area contributed by atoms with Crippen LogP contribution in [0.25, 0.3) is 10.9 Å². The largest absolute Gasteiger partial charge is 0.337 e. The Labute approximate surface area is 194 Å². The van der Waals surface area contributed by atoms with Crippen molar-refractivity contribution in [3.8, 4) is 6.07 Å². The van der Waals surface area contributed by atoms with Gasteiger partial charge in [0.2, 0.25) is 5.91 Å². The average molecular weight is 456 g/mol. The third kappa shape index (κ3) is 5.51. The van der Waals surface area contributed by atoms with Crippen LogP contribution in [0.15, 0.2) is 34.2 Å². The number of nitrogens with zero attached hydrogens (tertiary/aromatic N) is 4. The Hall–Kier alpha value is -2.37. The van der Waals surface area contributed by atoms with Crippen molar-refractivity contribution in [2.45, 2.75) is 76.8 Å². The normalized spacial score (nSPS) is 15.8. The number of benzene rings is 1. The second kappa shape index (κ2) is 10.1. The molecule has 172 valence electrons. The minimum atomic E-state index is -0.830. The molecule has 32 heavy (non-hydrogen) atoms. The molecule has 1 aliphatic rings. The zero-order valence-electron chi connectivity index (χ0n) is 19.6. The number of para-hydroxylation sites is 1. The van der Waals surface area contributed by atoms with Gasteiger partial charge in [0.25, 0.3) is 5.56 Å². The molecule has 7 nitrogen and oxygen atoms in total. The van der Waals surface area contributed by atoms with Crippen molar-refractivity contribution in [1.82, 2.24) is 19.8 Å². The molecule has 1 unspecified atom stereocenters. The summed E-state index contributed by atoms with van der Waals surface area (Å²) < 4.78 is 1.68. The Bertz CT molecular complexity index is 1060. The van der Waals surface area contributed by atoms with Crippen LogP contribution >= 0.6 is 11.8 Å². The summed E-state index contributed by atoms with van der Waals surface area (Å²) in [4.78, 5) is 32.9. The molecule has 1 aromatic heterocycles. The molecule has 1 heterocycles. The maximum absolute atomic E-state index is 13.3. The van der Waals surface area contributed by atoms with Crippen molar-refractivity contribution in [1.29, 1.82) is 5.26 Å². The molecule has 1 aliphatic carbocycles. The fourth-order valence-corrected chi connectivity index (χ4v) is 4.95. The predicted octanol–water partition coefficient (Wildman–Crippen LogP) is 3.42. The maximum Gasteiger partial charge on any atom is 0.262 e. The van der Waals surface area contributed by atoms with Gasteiger partial charge in [0, 0.05) is 25.2 Å². The molecular weight excluding hydrogens is 422 g/mol. The van der Waals surface area contributed by atoms with Crippen LogP contribution in [0.5, 0.6) is 0 Å². The van der Waals surface area contributed by atoms with E-state index in [0.29, 0.717) is 41.2 Å². The predicted molar refractivity (Wildman–Crippen MR) is 129 cm³/mol. The minimum absolute atomic E-state index is 0.0918. The SMILES string of the molecule is CC(C)N(CCn1c(SCC(=O)NC(C)(C#N)C2CC2)nc2ccccc2c1=O)C(C)C. The van der Waals surface area contributed by atoms with Gasteiger partial charge in [-0.15, -0.1) is 0 Å². The minimum Gasteiger partial charge on any atom is -0.337 e. The second-order valence-electron chi connectivity index (χ2n) is 9.22. The number of aromatic nitrogens is 2. The van der Waals surface area contributed by atoms with Gasteiger partial charge in [-0.2, -0.15) is 5.26 Å². The summed E-state index contributed by atoms with van der Waals surface area (Å²) in [5.41, 5.74) is -0.296. The molecule has 1 N–H and O–H groups in total. The summed E-state index contributed by atoms with van der Waals surface area (Å²) in [6, 6.07) is 10.3. The topological polar surface area (TPSA) is 91.0 Å². The molecule has 0 aliphatic heterocycles. The zero-order chi connectivity index (χ0) is 23.5. The summed E-state index contributed by atoms with van der Waals surface area (Å²) >= 11 is 1.25. The molecule has 1 fully saturated rings. The summed E-state index contributed by atoms with van der Waals surface area (Å²) in [5.74, 6) is 0.106. The van der Waals surface area contributed by atoms with Crippen molar-refractivity contribution in [2.24, 2.45) is 5.92 Å². The van der Waals surface area contributed by atoms with Crippen LogP contribution in [-0.4, -0.2) is 50.3 Å². The van der Waals surface area contributed by atoms with E-state index in [9.17, 15) is 14.9 Å². The van der Waals surface area contributed by atoms with Gasteiger partial charge in [0.15, 0.2) is 5.16 Å². The maximum atomic E-state index is 13.3. The van der Waals surface area contributed by atoms with E-state index in [4.69, 9.17) is 4.98 Å². The zero-order valence-corrected chi connectivity index (χ0v) is 20.4. The summed E-state index contributed by atoms with van der Waals surface area (Å²) in [6.45, 7) is 11.6. The number of thioether (sulfide) groups is 1.